The number of likely N-dealkylation sites (N-methyl/N-ethyl adjacent to an activating group) is 1. The van der Waals surface area contributed by atoms with E-state index in [0.29, 0.717) is 22.1 Å². The van der Waals surface area contributed by atoms with Crippen LogP contribution in [-0.4, -0.2) is 64.9 Å². The van der Waals surface area contributed by atoms with E-state index >= 15 is 0 Å². The molecule has 220 valence electrons. The molecule has 0 bridgehead atoms. The molecule has 0 spiro atoms. The van der Waals surface area contributed by atoms with Crippen LogP contribution in [0.2, 0.25) is 0 Å². The van der Waals surface area contributed by atoms with Crippen LogP contribution in [0.3, 0.4) is 0 Å². The van der Waals surface area contributed by atoms with Gasteiger partial charge in [0.25, 0.3) is 0 Å². The largest absolute Gasteiger partial charge is 0.481 e. The van der Waals surface area contributed by atoms with Gasteiger partial charge >= 0.3 is 11.9 Å². The minimum atomic E-state index is -2.97. The summed E-state index contributed by atoms with van der Waals surface area (Å²) >= 11 is 1.30. The zero-order valence-electron chi connectivity index (χ0n) is 23.1. The van der Waals surface area contributed by atoms with Gasteiger partial charge in [0.2, 0.25) is 5.92 Å². The summed E-state index contributed by atoms with van der Waals surface area (Å²) in [6.07, 6.45) is 6.68. The van der Waals surface area contributed by atoms with Gasteiger partial charge in [-0.25, -0.2) is 22.9 Å². The van der Waals surface area contributed by atoms with Crippen LogP contribution in [0.4, 0.5) is 13.2 Å². The highest BCUT2D eigenvalue weighted by Gasteiger charge is 2.37. The molecule has 2 unspecified atom stereocenters. The molecule has 0 fully saturated rings. The SMILES string of the molecule is C#Cc1cc(F)ccc1C1N=C(c2nccs2)NC(CN(C)C(CCCC(=O)O)CC(F)(F)CC)=C1C(=O)OCC. The molecule has 0 saturated heterocycles. The van der Waals surface area contributed by atoms with Crippen molar-refractivity contribution in [2.75, 3.05) is 20.2 Å². The number of aromatic nitrogens is 1. The third-order valence-corrected chi connectivity index (χ3v) is 7.51. The summed E-state index contributed by atoms with van der Waals surface area (Å²) in [6, 6.07) is 2.16. The summed E-state index contributed by atoms with van der Waals surface area (Å²) in [5.74, 6) is -2.44. The molecule has 0 radical (unpaired) electrons. The molecule has 0 amide bonds. The van der Waals surface area contributed by atoms with E-state index in [1.54, 1.807) is 30.4 Å². The van der Waals surface area contributed by atoms with Crippen molar-refractivity contribution in [3.8, 4) is 12.3 Å². The zero-order valence-corrected chi connectivity index (χ0v) is 23.9. The number of alkyl halides is 2. The predicted octanol–water partition coefficient (Wildman–Crippen LogP) is 5.16. The highest BCUT2D eigenvalue weighted by atomic mass is 32.1. The molecule has 2 N–H and O–H groups in total. The van der Waals surface area contributed by atoms with Crippen LogP contribution in [0.25, 0.3) is 0 Å². The molecule has 2 atom stereocenters. The Hall–Kier alpha value is -3.69. The fourth-order valence-corrected chi connectivity index (χ4v) is 5.16. The van der Waals surface area contributed by atoms with E-state index in [4.69, 9.17) is 21.3 Å². The van der Waals surface area contributed by atoms with Crippen LogP contribution in [0.5, 0.6) is 0 Å². The van der Waals surface area contributed by atoms with Gasteiger partial charge in [-0.05, 0) is 44.5 Å². The number of amidine groups is 1. The second-order valence-corrected chi connectivity index (χ2v) is 10.5. The number of ether oxygens (including phenoxy) is 1. The van der Waals surface area contributed by atoms with Crippen molar-refractivity contribution in [3.05, 3.63) is 63.0 Å². The molecule has 0 saturated carbocycles. The number of rotatable bonds is 14. The first-order valence-electron chi connectivity index (χ1n) is 13.2. The number of thiazole rings is 1. The molecule has 1 aromatic heterocycles. The number of hydrogen-bond acceptors (Lipinski definition) is 8. The number of carbonyl (C=O) groups excluding carboxylic acids is 1. The normalized spacial score (nSPS) is 16.1. The van der Waals surface area contributed by atoms with Crippen molar-refractivity contribution in [1.82, 2.24) is 15.2 Å². The average molecular weight is 591 g/mol. The Bertz CT molecular complexity index is 1340. The van der Waals surface area contributed by atoms with E-state index < -0.39 is 42.2 Å². The Morgan fingerprint density at radius 2 is 2.10 bits per heavy atom. The highest BCUT2D eigenvalue weighted by Crippen LogP contribution is 2.36. The Kier molecular flexibility index (Phi) is 11.1. The predicted molar refractivity (Wildman–Crippen MR) is 150 cm³/mol. The Balaban J connectivity index is 2.11. The van der Waals surface area contributed by atoms with E-state index in [9.17, 15) is 22.8 Å². The van der Waals surface area contributed by atoms with Crippen molar-refractivity contribution >= 4 is 29.1 Å². The van der Waals surface area contributed by atoms with E-state index in [1.165, 1.54) is 36.5 Å². The number of carboxylic acid groups (broad SMARTS) is 1. The monoisotopic (exact) mass is 590 g/mol. The average Bonchev–Trinajstić information content (AvgIpc) is 3.47. The van der Waals surface area contributed by atoms with Crippen molar-refractivity contribution in [2.24, 2.45) is 4.99 Å². The summed E-state index contributed by atoms with van der Waals surface area (Å²) < 4.78 is 48.6. The number of terminal acetylenes is 1. The molecule has 0 aliphatic carbocycles. The van der Waals surface area contributed by atoms with Gasteiger partial charge in [0.15, 0.2) is 10.8 Å². The lowest BCUT2D eigenvalue weighted by Gasteiger charge is -2.34. The van der Waals surface area contributed by atoms with E-state index in [0.717, 1.165) is 0 Å². The van der Waals surface area contributed by atoms with Crippen molar-refractivity contribution in [3.63, 3.8) is 0 Å². The first-order valence-corrected chi connectivity index (χ1v) is 14.1. The Morgan fingerprint density at radius 1 is 1.34 bits per heavy atom. The summed E-state index contributed by atoms with van der Waals surface area (Å²) in [4.78, 5) is 35.2. The molecular formula is C29H33F3N4O4S. The van der Waals surface area contributed by atoms with Crippen molar-refractivity contribution in [1.29, 1.82) is 0 Å². The first kappa shape index (κ1) is 31.8. The molecule has 1 aliphatic heterocycles. The molecular weight excluding hydrogens is 557 g/mol. The lowest BCUT2D eigenvalue weighted by atomic mass is 9.91. The highest BCUT2D eigenvalue weighted by molar-refractivity contribution is 7.11. The number of hydrogen-bond donors (Lipinski definition) is 2. The molecule has 12 heteroatoms. The van der Waals surface area contributed by atoms with Gasteiger partial charge in [-0.3, -0.25) is 14.7 Å². The number of nitrogens with zero attached hydrogens (tertiary/aromatic N) is 3. The van der Waals surface area contributed by atoms with Crippen LogP contribution in [0, 0.1) is 18.2 Å². The van der Waals surface area contributed by atoms with Crippen molar-refractivity contribution in [2.45, 2.75) is 64.0 Å². The van der Waals surface area contributed by atoms with E-state index in [-0.39, 0.29) is 50.0 Å². The Labute approximate surface area is 241 Å². The number of nitrogens with one attached hydrogen (secondary N) is 1. The lowest BCUT2D eigenvalue weighted by Crippen LogP contribution is -2.43. The molecule has 8 nitrogen and oxygen atoms in total. The van der Waals surface area contributed by atoms with Gasteiger partial charge in [0, 0.05) is 54.7 Å². The fourth-order valence-electron chi connectivity index (χ4n) is 4.57. The number of halogens is 3. The molecule has 1 aromatic carbocycles. The minimum Gasteiger partial charge on any atom is -0.481 e. The van der Waals surface area contributed by atoms with Gasteiger partial charge in [-0.2, -0.15) is 0 Å². The first-order chi connectivity index (χ1) is 19.5. The topological polar surface area (TPSA) is 104 Å². The lowest BCUT2D eigenvalue weighted by molar-refractivity contribution is -0.139. The molecule has 2 heterocycles. The summed E-state index contributed by atoms with van der Waals surface area (Å²) in [5.41, 5.74) is 1.03. The molecule has 1 aliphatic rings. The summed E-state index contributed by atoms with van der Waals surface area (Å²) in [5, 5.41) is 14.5. The number of carboxylic acids is 1. The number of esters is 1. The third-order valence-electron chi connectivity index (χ3n) is 6.73. The molecule has 41 heavy (non-hydrogen) atoms. The third kappa shape index (κ3) is 8.41. The molecule has 2 aromatic rings. The number of benzene rings is 1. The van der Waals surface area contributed by atoms with Gasteiger partial charge in [-0.15, -0.1) is 17.8 Å². The van der Waals surface area contributed by atoms with Gasteiger partial charge in [0.05, 0.1) is 12.2 Å². The van der Waals surface area contributed by atoms with Gasteiger partial charge < -0.3 is 15.2 Å². The van der Waals surface area contributed by atoms with Crippen LogP contribution >= 0.6 is 11.3 Å². The maximum atomic E-state index is 14.6. The smallest absolute Gasteiger partial charge is 0.338 e. The summed E-state index contributed by atoms with van der Waals surface area (Å²) in [7, 11) is 1.64. The number of aliphatic imine (C=N–C) groups is 1. The standard InChI is InChI=1S/C29H33F3N4O4S/c1-5-18-15-19(30)11-12-21(18)25-24(28(39)40-7-3)22(34-26(35-25)27-33-13-14-41-27)17-36(4)20(9-8-10-23(37)38)16-29(31,32)6-2/h1,11-15,20,25H,6-10,16-17H2,2-4H3,(H,34,35)(H,37,38). The maximum absolute atomic E-state index is 14.6. The number of carbonyl (C=O) groups is 2. The van der Waals surface area contributed by atoms with Gasteiger partial charge in [-0.1, -0.05) is 18.9 Å². The summed E-state index contributed by atoms with van der Waals surface area (Å²) in [6.45, 7) is 3.10. The van der Waals surface area contributed by atoms with Crippen LogP contribution < -0.4 is 5.32 Å². The van der Waals surface area contributed by atoms with Crippen LogP contribution in [0.1, 0.15) is 68.1 Å². The van der Waals surface area contributed by atoms with E-state index in [1.807, 2.05) is 0 Å². The maximum Gasteiger partial charge on any atom is 0.338 e. The minimum absolute atomic E-state index is 0.000836. The van der Waals surface area contributed by atoms with Crippen LogP contribution in [-0.2, 0) is 14.3 Å². The van der Waals surface area contributed by atoms with Gasteiger partial charge in [0.1, 0.15) is 11.9 Å². The fraction of sp³-hybridized carbons (Fsp3) is 0.448. The second-order valence-electron chi connectivity index (χ2n) is 9.60. The number of aliphatic carboxylic acids is 1. The molecule has 3 rings (SSSR count). The second kappa shape index (κ2) is 14.3. The Morgan fingerprint density at radius 3 is 2.71 bits per heavy atom. The van der Waals surface area contributed by atoms with Crippen LogP contribution in [0.15, 0.2) is 46.0 Å². The zero-order chi connectivity index (χ0) is 30.2. The van der Waals surface area contributed by atoms with Crippen molar-refractivity contribution < 1.29 is 32.6 Å². The van der Waals surface area contributed by atoms with E-state index in [2.05, 4.69) is 16.2 Å². The quantitative estimate of drug-likeness (QED) is 0.231.